The third kappa shape index (κ3) is 1.88. The van der Waals surface area contributed by atoms with Crippen molar-refractivity contribution in [3.63, 3.8) is 0 Å². The molecular formula is C11H9BrO4. The van der Waals surface area contributed by atoms with Crippen LogP contribution in [0.3, 0.4) is 0 Å². The number of halogens is 1. The number of ether oxygens (including phenoxy) is 2. The molecule has 0 aliphatic carbocycles. The first-order valence-corrected chi connectivity index (χ1v) is 5.45. The largest absolute Gasteiger partial charge is 0.467 e. The number of hydrogen-bond acceptors (Lipinski definition) is 4. The number of esters is 1. The van der Waals surface area contributed by atoms with Gasteiger partial charge in [-0.2, -0.15) is 0 Å². The highest BCUT2D eigenvalue weighted by Gasteiger charge is 2.34. The van der Waals surface area contributed by atoms with E-state index in [1.54, 1.807) is 12.1 Å². The number of carbonyl (C=O) groups is 2. The van der Waals surface area contributed by atoms with Gasteiger partial charge in [-0.05, 0) is 17.7 Å². The third-order valence-electron chi connectivity index (χ3n) is 2.40. The number of methoxy groups -OCH3 is 1. The molecule has 0 saturated carbocycles. The third-order valence-corrected chi connectivity index (χ3v) is 2.89. The van der Waals surface area contributed by atoms with Crippen molar-refractivity contribution in [3.05, 3.63) is 33.8 Å². The van der Waals surface area contributed by atoms with E-state index in [-0.39, 0.29) is 12.4 Å². The Morgan fingerprint density at radius 1 is 1.56 bits per heavy atom. The average molecular weight is 285 g/mol. The maximum absolute atomic E-state index is 11.9. The smallest absolute Gasteiger partial charge is 0.343 e. The molecule has 1 aromatic rings. The zero-order valence-electron chi connectivity index (χ0n) is 8.53. The van der Waals surface area contributed by atoms with E-state index in [0.717, 1.165) is 10.0 Å². The van der Waals surface area contributed by atoms with Crippen molar-refractivity contribution in [2.75, 3.05) is 7.11 Å². The zero-order valence-corrected chi connectivity index (χ0v) is 10.1. The van der Waals surface area contributed by atoms with Crippen LogP contribution >= 0.6 is 15.9 Å². The Kier molecular flexibility index (Phi) is 3.07. The van der Waals surface area contributed by atoms with E-state index in [4.69, 9.17) is 4.74 Å². The number of Topliss-reactive ketones (excluding diaryl/α,β-unsaturated/α-hetero) is 1. The summed E-state index contributed by atoms with van der Waals surface area (Å²) >= 11 is 3.28. The van der Waals surface area contributed by atoms with E-state index in [1.807, 2.05) is 6.07 Å². The fraction of sp³-hybridized carbons (Fsp3) is 0.273. The van der Waals surface area contributed by atoms with Crippen LogP contribution in [0.4, 0.5) is 0 Å². The topological polar surface area (TPSA) is 52.6 Å². The highest BCUT2D eigenvalue weighted by Crippen LogP contribution is 2.24. The summed E-state index contributed by atoms with van der Waals surface area (Å²) < 4.78 is 10.5. The van der Waals surface area contributed by atoms with Crippen molar-refractivity contribution in [2.24, 2.45) is 0 Å². The lowest BCUT2D eigenvalue weighted by Gasteiger charge is -2.22. The van der Waals surface area contributed by atoms with Crippen molar-refractivity contribution in [1.29, 1.82) is 0 Å². The minimum Gasteiger partial charge on any atom is -0.467 e. The molecule has 1 heterocycles. The molecule has 1 aliphatic rings. The normalized spacial score (nSPS) is 19.1. The molecule has 2 rings (SSSR count). The van der Waals surface area contributed by atoms with Crippen LogP contribution in [0, 0.1) is 0 Å². The van der Waals surface area contributed by atoms with Gasteiger partial charge in [0.05, 0.1) is 13.7 Å². The SMILES string of the molecule is COC(=O)C1OCc2ccc(Br)cc2C1=O. The van der Waals surface area contributed by atoms with E-state index >= 15 is 0 Å². The molecule has 84 valence electrons. The Morgan fingerprint density at radius 2 is 2.31 bits per heavy atom. The van der Waals surface area contributed by atoms with Gasteiger partial charge in [-0.25, -0.2) is 4.79 Å². The van der Waals surface area contributed by atoms with Crippen LogP contribution in [0.1, 0.15) is 15.9 Å². The van der Waals surface area contributed by atoms with Gasteiger partial charge >= 0.3 is 5.97 Å². The number of carbonyl (C=O) groups excluding carboxylic acids is 2. The minimum atomic E-state index is -1.13. The second-order valence-electron chi connectivity index (χ2n) is 3.38. The standard InChI is InChI=1S/C11H9BrO4/c1-15-11(14)10-9(13)8-4-7(12)3-2-6(8)5-16-10/h2-4,10H,5H2,1H3. The fourth-order valence-electron chi connectivity index (χ4n) is 1.58. The van der Waals surface area contributed by atoms with Crippen molar-refractivity contribution in [2.45, 2.75) is 12.7 Å². The molecular weight excluding hydrogens is 276 g/mol. The lowest BCUT2D eigenvalue weighted by Crippen LogP contribution is -2.37. The predicted octanol–water partition coefficient (Wildman–Crippen LogP) is 1.70. The van der Waals surface area contributed by atoms with Gasteiger partial charge in [-0.1, -0.05) is 22.0 Å². The summed E-state index contributed by atoms with van der Waals surface area (Å²) in [4.78, 5) is 23.2. The summed E-state index contributed by atoms with van der Waals surface area (Å²) in [6.07, 6.45) is -1.13. The van der Waals surface area contributed by atoms with Gasteiger partial charge in [0.2, 0.25) is 11.9 Å². The lowest BCUT2D eigenvalue weighted by molar-refractivity contribution is -0.151. The Hall–Kier alpha value is -1.20. The monoisotopic (exact) mass is 284 g/mol. The highest BCUT2D eigenvalue weighted by molar-refractivity contribution is 9.10. The van der Waals surface area contributed by atoms with E-state index in [0.29, 0.717) is 5.56 Å². The Balaban J connectivity index is 2.38. The fourth-order valence-corrected chi connectivity index (χ4v) is 1.94. The number of ketones is 1. The van der Waals surface area contributed by atoms with E-state index in [2.05, 4.69) is 20.7 Å². The highest BCUT2D eigenvalue weighted by atomic mass is 79.9. The summed E-state index contributed by atoms with van der Waals surface area (Å²) in [5.41, 5.74) is 1.30. The molecule has 4 nitrogen and oxygen atoms in total. The molecule has 0 N–H and O–H groups in total. The summed E-state index contributed by atoms with van der Waals surface area (Å²) in [7, 11) is 1.23. The van der Waals surface area contributed by atoms with Crippen LogP contribution in [0.2, 0.25) is 0 Å². The first kappa shape index (κ1) is 11.3. The van der Waals surface area contributed by atoms with Crippen LogP contribution in [0.25, 0.3) is 0 Å². The number of hydrogen-bond donors (Lipinski definition) is 0. The van der Waals surface area contributed by atoms with Crippen molar-refractivity contribution < 1.29 is 19.1 Å². The lowest BCUT2D eigenvalue weighted by atomic mass is 9.98. The molecule has 16 heavy (non-hydrogen) atoms. The molecule has 1 aliphatic heterocycles. The Morgan fingerprint density at radius 3 is 3.00 bits per heavy atom. The number of rotatable bonds is 1. The summed E-state index contributed by atoms with van der Waals surface area (Å²) in [5, 5.41) is 0. The zero-order chi connectivity index (χ0) is 11.7. The summed E-state index contributed by atoms with van der Waals surface area (Å²) in [6.45, 7) is 0.244. The average Bonchev–Trinajstić information content (AvgIpc) is 2.29. The molecule has 1 aromatic carbocycles. The first-order chi connectivity index (χ1) is 7.63. The maximum Gasteiger partial charge on any atom is 0.343 e. The van der Waals surface area contributed by atoms with Gasteiger partial charge < -0.3 is 9.47 Å². The van der Waals surface area contributed by atoms with Crippen LogP contribution in [0.5, 0.6) is 0 Å². The van der Waals surface area contributed by atoms with E-state index < -0.39 is 12.1 Å². The maximum atomic E-state index is 11.9. The van der Waals surface area contributed by atoms with Crippen LogP contribution in [-0.4, -0.2) is 25.0 Å². The van der Waals surface area contributed by atoms with Gasteiger partial charge in [-0.3, -0.25) is 4.79 Å². The molecule has 0 fully saturated rings. The predicted molar refractivity (Wildman–Crippen MR) is 59.1 cm³/mol. The van der Waals surface area contributed by atoms with Crippen LogP contribution < -0.4 is 0 Å². The van der Waals surface area contributed by atoms with E-state index in [9.17, 15) is 9.59 Å². The Bertz CT molecular complexity index is 455. The first-order valence-electron chi connectivity index (χ1n) is 4.65. The molecule has 0 amide bonds. The molecule has 0 spiro atoms. The summed E-state index contributed by atoms with van der Waals surface area (Å²) in [5.74, 6) is -1.01. The second-order valence-corrected chi connectivity index (χ2v) is 4.30. The molecule has 5 heteroatoms. The van der Waals surface area contributed by atoms with E-state index in [1.165, 1.54) is 7.11 Å². The van der Waals surface area contributed by atoms with Gasteiger partial charge in [0.1, 0.15) is 0 Å². The quantitative estimate of drug-likeness (QED) is 0.582. The molecule has 1 unspecified atom stereocenters. The van der Waals surface area contributed by atoms with Crippen molar-refractivity contribution >= 4 is 27.7 Å². The number of fused-ring (bicyclic) bond motifs is 1. The van der Waals surface area contributed by atoms with Gasteiger partial charge in [0, 0.05) is 10.0 Å². The minimum absolute atomic E-state index is 0.244. The second kappa shape index (κ2) is 4.35. The molecule has 0 radical (unpaired) electrons. The molecule has 0 bridgehead atoms. The molecule has 0 saturated heterocycles. The summed E-state index contributed by atoms with van der Waals surface area (Å²) in [6, 6.07) is 5.31. The van der Waals surface area contributed by atoms with Gasteiger partial charge in [-0.15, -0.1) is 0 Å². The molecule has 1 atom stereocenters. The van der Waals surface area contributed by atoms with Crippen LogP contribution in [0.15, 0.2) is 22.7 Å². The van der Waals surface area contributed by atoms with Gasteiger partial charge in [0.25, 0.3) is 0 Å². The van der Waals surface area contributed by atoms with Crippen LogP contribution in [-0.2, 0) is 20.9 Å². The number of benzene rings is 1. The van der Waals surface area contributed by atoms with Gasteiger partial charge in [0.15, 0.2) is 0 Å². The van der Waals surface area contributed by atoms with Crippen molar-refractivity contribution in [1.82, 2.24) is 0 Å². The van der Waals surface area contributed by atoms with Crippen molar-refractivity contribution in [3.8, 4) is 0 Å². The Labute approximate surface area is 101 Å². The molecule has 0 aromatic heterocycles.